The molecule has 3 aliphatic heterocycles. The van der Waals surface area contributed by atoms with E-state index in [9.17, 15) is 0 Å². The molecule has 0 radical (unpaired) electrons. The first-order valence-electron chi connectivity index (χ1n) is 10.9. The highest BCUT2D eigenvalue weighted by molar-refractivity contribution is 5.62. The maximum Gasteiger partial charge on any atom is 0.171 e. The molecule has 29 heavy (non-hydrogen) atoms. The Balaban J connectivity index is 1.43. The van der Waals surface area contributed by atoms with Crippen LogP contribution in [0.1, 0.15) is 32.6 Å². The second-order valence-electron chi connectivity index (χ2n) is 8.54. The monoisotopic (exact) mass is 394 g/mol. The van der Waals surface area contributed by atoms with Crippen LogP contribution >= 0.6 is 0 Å². The minimum atomic E-state index is -0.363. The number of ether oxygens (including phenoxy) is 2. The zero-order valence-corrected chi connectivity index (χ0v) is 17.2. The summed E-state index contributed by atoms with van der Waals surface area (Å²) in [7, 11) is 0. The van der Waals surface area contributed by atoms with Crippen LogP contribution in [-0.4, -0.2) is 55.1 Å². The number of hydrogen-bond donors (Lipinski definition) is 0. The zero-order valence-electron chi connectivity index (χ0n) is 17.2. The van der Waals surface area contributed by atoms with E-state index in [-0.39, 0.29) is 5.79 Å². The van der Waals surface area contributed by atoms with Gasteiger partial charge in [-0.2, -0.15) is 0 Å². The lowest BCUT2D eigenvalue weighted by atomic mass is 9.99. The van der Waals surface area contributed by atoms with Gasteiger partial charge in [0.2, 0.25) is 0 Å². The first-order valence-corrected chi connectivity index (χ1v) is 10.9. The summed E-state index contributed by atoms with van der Waals surface area (Å²) in [5, 5.41) is 0. The normalized spacial score (nSPS) is 22.4. The molecule has 0 N–H and O–H groups in total. The van der Waals surface area contributed by atoms with Crippen molar-refractivity contribution in [1.29, 1.82) is 0 Å². The molecule has 3 aliphatic rings. The first-order chi connectivity index (χ1) is 14.2. The molecule has 6 heteroatoms. The Morgan fingerprint density at radius 2 is 1.45 bits per heavy atom. The number of nitrogens with zero attached hydrogens (tertiary/aromatic N) is 4. The molecule has 2 aromatic rings. The lowest BCUT2D eigenvalue weighted by Gasteiger charge is -2.38. The summed E-state index contributed by atoms with van der Waals surface area (Å²) in [6, 6.07) is 12.5. The molecular weight excluding hydrogens is 364 g/mol. The first kappa shape index (κ1) is 18.8. The number of rotatable bonds is 3. The summed E-state index contributed by atoms with van der Waals surface area (Å²) in [6.45, 7) is 7.68. The van der Waals surface area contributed by atoms with Crippen LogP contribution in [0.5, 0.6) is 0 Å². The maximum absolute atomic E-state index is 5.90. The second-order valence-corrected chi connectivity index (χ2v) is 8.54. The summed E-state index contributed by atoms with van der Waals surface area (Å²) < 4.78 is 11.8. The third-order valence-electron chi connectivity index (χ3n) is 6.50. The van der Waals surface area contributed by atoms with E-state index in [1.807, 2.05) is 18.2 Å². The van der Waals surface area contributed by atoms with Crippen molar-refractivity contribution in [2.45, 2.75) is 38.4 Å². The molecule has 3 fully saturated rings. The molecule has 1 aromatic carbocycles. The van der Waals surface area contributed by atoms with Crippen molar-refractivity contribution in [3.63, 3.8) is 0 Å². The van der Waals surface area contributed by atoms with Gasteiger partial charge in [0.1, 0.15) is 11.6 Å². The molecule has 4 heterocycles. The number of benzene rings is 1. The van der Waals surface area contributed by atoms with Crippen molar-refractivity contribution in [2.24, 2.45) is 5.92 Å². The standard InChI is InChI=1S/C23H30N4O2/c1-18-7-11-26(12-8-18)20-17-21(25-22(24-20)19-5-3-2-4-6-19)27-13-9-23(10-14-27)28-15-16-29-23/h2-6,17-18H,7-16H2,1H3. The summed E-state index contributed by atoms with van der Waals surface area (Å²) >= 11 is 0. The summed E-state index contributed by atoms with van der Waals surface area (Å²) in [5.41, 5.74) is 1.07. The predicted molar refractivity (Wildman–Crippen MR) is 114 cm³/mol. The van der Waals surface area contributed by atoms with Gasteiger partial charge in [0.05, 0.1) is 13.2 Å². The van der Waals surface area contributed by atoms with Gasteiger partial charge in [0.25, 0.3) is 0 Å². The number of aromatic nitrogens is 2. The van der Waals surface area contributed by atoms with E-state index >= 15 is 0 Å². The lowest BCUT2D eigenvalue weighted by Crippen LogP contribution is -2.45. The predicted octanol–water partition coefficient (Wildman–Crippen LogP) is 3.72. The molecule has 0 aliphatic carbocycles. The van der Waals surface area contributed by atoms with Crippen LogP contribution in [0, 0.1) is 5.92 Å². The Labute approximate surface area is 172 Å². The topological polar surface area (TPSA) is 50.7 Å². The van der Waals surface area contributed by atoms with Crippen molar-refractivity contribution < 1.29 is 9.47 Å². The van der Waals surface area contributed by atoms with Crippen molar-refractivity contribution in [3.8, 4) is 11.4 Å². The molecule has 0 saturated carbocycles. The number of piperidine rings is 2. The Kier molecular flexibility index (Phi) is 5.14. The average molecular weight is 395 g/mol. The third-order valence-corrected chi connectivity index (χ3v) is 6.50. The minimum absolute atomic E-state index is 0.363. The highest BCUT2D eigenvalue weighted by Gasteiger charge is 2.40. The molecule has 0 unspecified atom stereocenters. The van der Waals surface area contributed by atoms with Crippen LogP contribution in [0.15, 0.2) is 36.4 Å². The number of hydrogen-bond acceptors (Lipinski definition) is 6. The average Bonchev–Trinajstić information content (AvgIpc) is 3.23. The van der Waals surface area contributed by atoms with Crippen LogP contribution in [0.2, 0.25) is 0 Å². The number of anilines is 2. The lowest BCUT2D eigenvalue weighted by molar-refractivity contribution is -0.169. The van der Waals surface area contributed by atoms with E-state index in [0.717, 1.165) is 68.0 Å². The van der Waals surface area contributed by atoms with Crippen LogP contribution < -0.4 is 9.80 Å². The van der Waals surface area contributed by atoms with Gasteiger partial charge >= 0.3 is 0 Å². The Bertz CT molecular complexity index is 820. The third kappa shape index (κ3) is 3.96. The van der Waals surface area contributed by atoms with Crippen molar-refractivity contribution in [3.05, 3.63) is 36.4 Å². The van der Waals surface area contributed by atoms with Gasteiger partial charge in [-0.1, -0.05) is 37.3 Å². The second kappa shape index (κ2) is 7.92. The smallest absolute Gasteiger partial charge is 0.171 e. The molecular formula is C23H30N4O2. The van der Waals surface area contributed by atoms with Gasteiger partial charge in [0, 0.05) is 50.7 Å². The fourth-order valence-corrected chi connectivity index (χ4v) is 4.56. The summed E-state index contributed by atoms with van der Waals surface area (Å²) in [6.07, 6.45) is 4.21. The van der Waals surface area contributed by atoms with Crippen LogP contribution in [0.4, 0.5) is 11.6 Å². The quantitative estimate of drug-likeness (QED) is 0.791. The highest BCUT2D eigenvalue weighted by atomic mass is 16.7. The van der Waals surface area contributed by atoms with Crippen LogP contribution in [0.25, 0.3) is 11.4 Å². The molecule has 6 nitrogen and oxygen atoms in total. The molecule has 0 bridgehead atoms. The Hall–Kier alpha value is -2.18. The van der Waals surface area contributed by atoms with Crippen molar-refractivity contribution in [2.75, 3.05) is 49.2 Å². The van der Waals surface area contributed by atoms with Crippen LogP contribution in [-0.2, 0) is 9.47 Å². The fraction of sp³-hybridized carbons (Fsp3) is 0.565. The zero-order chi connectivity index (χ0) is 19.7. The molecule has 154 valence electrons. The summed E-state index contributed by atoms with van der Waals surface area (Å²) in [4.78, 5) is 14.7. The molecule has 0 atom stereocenters. The van der Waals surface area contributed by atoms with E-state index in [0.29, 0.717) is 13.2 Å². The van der Waals surface area contributed by atoms with Crippen molar-refractivity contribution in [1.82, 2.24) is 9.97 Å². The summed E-state index contributed by atoms with van der Waals surface area (Å²) in [5.74, 6) is 3.31. The van der Waals surface area contributed by atoms with Crippen molar-refractivity contribution >= 4 is 11.6 Å². The van der Waals surface area contributed by atoms with Gasteiger partial charge in [-0.05, 0) is 18.8 Å². The van der Waals surface area contributed by atoms with Gasteiger partial charge < -0.3 is 19.3 Å². The molecule has 0 amide bonds. The molecule has 1 spiro atoms. The van der Waals surface area contributed by atoms with E-state index < -0.39 is 0 Å². The molecule has 5 rings (SSSR count). The highest BCUT2D eigenvalue weighted by Crippen LogP contribution is 2.34. The fourth-order valence-electron chi connectivity index (χ4n) is 4.56. The van der Waals surface area contributed by atoms with E-state index in [1.165, 1.54) is 12.8 Å². The Morgan fingerprint density at radius 3 is 2.07 bits per heavy atom. The SMILES string of the molecule is CC1CCN(c2cc(N3CCC4(CC3)OCCO4)nc(-c3ccccc3)n2)CC1. The molecule has 3 saturated heterocycles. The van der Waals surface area contributed by atoms with Gasteiger partial charge in [-0.3, -0.25) is 0 Å². The van der Waals surface area contributed by atoms with E-state index in [4.69, 9.17) is 19.4 Å². The Morgan fingerprint density at radius 1 is 0.862 bits per heavy atom. The maximum atomic E-state index is 5.90. The van der Waals surface area contributed by atoms with Gasteiger partial charge in [-0.15, -0.1) is 0 Å². The van der Waals surface area contributed by atoms with E-state index in [1.54, 1.807) is 0 Å². The van der Waals surface area contributed by atoms with Gasteiger partial charge in [-0.25, -0.2) is 9.97 Å². The van der Waals surface area contributed by atoms with Crippen LogP contribution in [0.3, 0.4) is 0 Å². The molecule has 1 aromatic heterocycles. The van der Waals surface area contributed by atoms with Gasteiger partial charge in [0.15, 0.2) is 11.6 Å². The minimum Gasteiger partial charge on any atom is -0.356 e. The van der Waals surface area contributed by atoms with E-state index in [2.05, 4.69) is 34.9 Å². The largest absolute Gasteiger partial charge is 0.356 e.